The lowest BCUT2D eigenvalue weighted by Gasteiger charge is -2.37. The number of benzene rings is 3. The zero-order valence-corrected chi connectivity index (χ0v) is 23.2. The molecule has 3 aromatic carbocycles. The number of hydrogen-bond donors (Lipinski definition) is 0. The van der Waals surface area contributed by atoms with Crippen molar-refractivity contribution in [3.8, 4) is 11.5 Å². The Bertz CT molecular complexity index is 1700. The maximum atomic E-state index is 13.3. The lowest BCUT2D eigenvalue weighted by atomic mass is 9.63. The monoisotopic (exact) mass is 598 g/mol. The van der Waals surface area contributed by atoms with E-state index in [1.165, 1.54) is 59.5 Å². The molecule has 10 nitrogen and oxygen atoms in total. The molecule has 0 radical (unpaired) electrons. The predicted octanol–water partition coefficient (Wildman–Crippen LogP) is 5.64. The Morgan fingerprint density at radius 3 is 2.09 bits per heavy atom. The summed E-state index contributed by atoms with van der Waals surface area (Å²) in [7, 11) is 0. The highest BCUT2D eigenvalue weighted by molar-refractivity contribution is 6.32. The zero-order chi connectivity index (χ0) is 30.0. The average Bonchev–Trinajstić information content (AvgIpc) is 3.79. The van der Waals surface area contributed by atoms with Crippen molar-refractivity contribution >= 4 is 46.5 Å². The first-order valence-electron chi connectivity index (χ1n) is 13.8. The van der Waals surface area contributed by atoms with Crippen molar-refractivity contribution in [2.75, 3.05) is 11.5 Å². The number of carbonyl (C=O) groups excluding carboxylic acids is 4. The van der Waals surface area contributed by atoms with Gasteiger partial charge in [-0.15, -0.1) is 0 Å². The standard InChI is InChI=1S/C32H23ClN2O8/c33-24-2-1-3-25(35(40)41)29(24)43-19-10-6-16(7-11-19)26(36)15-42-32(39)17-4-8-18(9-5-17)34-30(37)27-20-12-13-21(23-14-22(20)23)28(27)31(34)38/h1-13,20-23,27-28H,14-15H2/t20-,21-,22-,23+,27+,28+/m0/s1. The largest absolute Gasteiger partial charge is 0.454 e. The number of hydrogen-bond acceptors (Lipinski definition) is 8. The number of allylic oxidation sites excluding steroid dienone is 2. The van der Waals surface area contributed by atoms with Crippen LogP contribution in [-0.2, 0) is 14.3 Å². The van der Waals surface area contributed by atoms with Gasteiger partial charge in [-0.05, 0) is 84.7 Å². The lowest BCUT2D eigenvalue weighted by Crippen LogP contribution is -2.40. The Morgan fingerprint density at radius 1 is 0.884 bits per heavy atom. The highest BCUT2D eigenvalue weighted by Gasteiger charge is 2.67. The van der Waals surface area contributed by atoms with Crippen molar-refractivity contribution in [1.82, 2.24) is 0 Å². The molecule has 0 unspecified atom stereocenters. The first-order chi connectivity index (χ1) is 20.7. The topological polar surface area (TPSA) is 133 Å². The van der Waals surface area contributed by atoms with Gasteiger partial charge < -0.3 is 9.47 Å². The minimum absolute atomic E-state index is 0.0615. The number of halogens is 1. The molecular formula is C32H23ClN2O8. The average molecular weight is 599 g/mol. The normalized spacial score (nSPS) is 26.1. The molecule has 216 valence electrons. The van der Waals surface area contributed by atoms with Crippen molar-refractivity contribution in [3.05, 3.63) is 105 Å². The van der Waals surface area contributed by atoms with Gasteiger partial charge in [-0.1, -0.05) is 29.8 Å². The van der Waals surface area contributed by atoms with Crippen molar-refractivity contribution in [2.24, 2.45) is 35.5 Å². The number of para-hydroxylation sites is 1. The third-order valence-corrected chi connectivity index (χ3v) is 9.20. The molecular weight excluding hydrogens is 576 g/mol. The first-order valence-corrected chi connectivity index (χ1v) is 14.2. The zero-order valence-electron chi connectivity index (χ0n) is 22.4. The van der Waals surface area contributed by atoms with Crippen LogP contribution in [0.4, 0.5) is 11.4 Å². The van der Waals surface area contributed by atoms with Crippen LogP contribution in [0.1, 0.15) is 27.1 Å². The number of imide groups is 1. The number of anilines is 1. The van der Waals surface area contributed by atoms with Crippen molar-refractivity contribution in [2.45, 2.75) is 6.42 Å². The van der Waals surface area contributed by atoms with E-state index in [0.717, 1.165) is 6.42 Å². The van der Waals surface area contributed by atoms with Crippen LogP contribution < -0.4 is 9.64 Å². The number of amides is 2. The maximum Gasteiger partial charge on any atom is 0.338 e. The van der Waals surface area contributed by atoms with Crippen LogP contribution >= 0.6 is 11.6 Å². The van der Waals surface area contributed by atoms with E-state index in [0.29, 0.717) is 17.5 Å². The smallest absolute Gasteiger partial charge is 0.338 e. The Hall–Kier alpha value is -4.83. The summed E-state index contributed by atoms with van der Waals surface area (Å²) in [6.07, 6.45) is 5.32. The van der Waals surface area contributed by atoms with Gasteiger partial charge in [0.1, 0.15) is 5.75 Å². The minimum Gasteiger partial charge on any atom is -0.454 e. The predicted molar refractivity (Wildman–Crippen MR) is 153 cm³/mol. The van der Waals surface area contributed by atoms with Crippen LogP contribution in [0.3, 0.4) is 0 Å². The summed E-state index contributed by atoms with van der Waals surface area (Å²) in [6, 6.07) is 16.0. The molecule has 8 rings (SSSR count). The fourth-order valence-electron chi connectivity index (χ4n) is 6.82. The van der Waals surface area contributed by atoms with Crippen molar-refractivity contribution in [3.63, 3.8) is 0 Å². The second kappa shape index (κ2) is 10.2. The summed E-state index contributed by atoms with van der Waals surface area (Å²) in [4.78, 5) is 63.8. The molecule has 0 spiro atoms. The summed E-state index contributed by atoms with van der Waals surface area (Å²) >= 11 is 6.06. The number of carbonyl (C=O) groups is 4. The Balaban J connectivity index is 0.967. The third kappa shape index (κ3) is 4.49. The van der Waals surface area contributed by atoms with E-state index in [4.69, 9.17) is 21.1 Å². The number of Topliss-reactive ketones (excluding diaryl/α,β-unsaturated/α-hetero) is 1. The van der Waals surface area contributed by atoms with Crippen molar-refractivity contribution in [1.29, 1.82) is 0 Å². The number of esters is 1. The molecule has 2 amide bonds. The lowest BCUT2D eigenvalue weighted by molar-refractivity contribution is -0.385. The number of ether oxygens (including phenoxy) is 2. The summed E-state index contributed by atoms with van der Waals surface area (Å²) < 4.78 is 10.8. The van der Waals surface area contributed by atoms with Gasteiger partial charge in [0.05, 0.1) is 33.0 Å². The van der Waals surface area contributed by atoms with E-state index in [-0.39, 0.29) is 68.8 Å². The molecule has 3 fully saturated rings. The van der Waals surface area contributed by atoms with Gasteiger partial charge in [-0.25, -0.2) is 4.79 Å². The van der Waals surface area contributed by atoms with Crippen LogP contribution in [0.5, 0.6) is 11.5 Å². The van der Waals surface area contributed by atoms with Crippen molar-refractivity contribution < 1.29 is 33.6 Å². The van der Waals surface area contributed by atoms with Gasteiger partial charge in [0.15, 0.2) is 12.4 Å². The fourth-order valence-corrected chi connectivity index (χ4v) is 7.03. The van der Waals surface area contributed by atoms with E-state index in [2.05, 4.69) is 12.2 Å². The van der Waals surface area contributed by atoms with Crippen LogP contribution in [0.25, 0.3) is 0 Å². The number of nitrogens with zero attached hydrogens (tertiary/aromatic N) is 2. The van der Waals surface area contributed by atoms with E-state index < -0.39 is 23.3 Å². The molecule has 11 heteroatoms. The highest BCUT2D eigenvalue weighted by Crippen LogP contribution is 2.65. The number of ketones is 1. The summed E-state index contributed by atoms with van der Waals surface area (Å²) in [5.41, 5.74) is 0.512. The van der Waals surface area contributed by atoms with Crippen LogP contribution in [-0.4, -0.2) is 35.1 Å². The van der Waals surface area contributed by atoms with Gasteiger partial charge in [0.25, 0.3) is 0 Å². The van der Waals surface area contributed by atoms with Gasteiger partial charge in [-0.3, -0.25) is 29.4 Å². The molecule has 1 aliphatic heterocycles. The number of nitro benzene ring substituents is 1. The molecule has 1 heterocycles. The Kier molecular flexibility index (Phi) is 6.39. The minimum atomic E-state index is -0.735. The fraction of sp³-hybridized carbons (Fsp3) is 0.250. The summed E-state index contributed by atoms with van der Waals surface area (Å²) in [5.74, 6) is -0.809. The van der Waals surface area contributed by atoms with Gasteiger partial charge in [0.2, 0.25) is 17.6 Å². The second-order valence-corrected chi connectivity index (χ2v) is 11.6. The second-order valence-electron chi connectivity index (χ2n) is 11.2. The molecule has 6 atom stereocenters. The Labute approximate surface area is 250 Å². The molecule has 0 aromatic heterocycles. The molecule has 2 bridgehead atoms. The SMILES string of the molecule is O=C(COC(=O)c1ccc(N2C(=O)[C@@H]3[C@H]4C=C[C@@H]([C@@H]5C[C@H]45)[C@H]3C2=O)cc1)c1ccc(Oc2c(Cl)cccc2[N+](=O)[O-])cc1. The van der Waals surface area contributed by atoms with Crippen LogP contribution in [0.2, 0.25) is 5.02 Å². The van der Waals surface area contributed by atoms with E-state index in [1.807, 2.05) is 0 Å². The quantitative estimate of drug-likeness (QED) is 0.0812. The molecule has 2 saturated carbocycles. The molecule has 0 N–H and O–H groups in total. The molecule has 43 heavy (non-hydrogen) atoms. The van der Waals surface area contributed by atoms with E-state index in [1.54, 1.807) is 12.1 Å². The van der Waals surface area contributed by atoms with Gasteiger partial charge in [0, 0.05) is 11.6 Å². The van der Waals surface area contributed by atoms with E-state index in [9.17, 15) is 29.3 Å². The van der Waals surface area contributed by atoms with E-state index >= 15 is 0 Å². The number of nitro groups is 1. The molecule has 1 saturated heterocycles. The van der Waals surface area contributed by atoms with Gasteiger partial charge in [-0.2, -0.15) is 0 Å². The van der Waals surface area contributed by atoms with Crippen LogP contribution in [0.15, 0.2) is 78.9 Å². The third-order valence-electron chi connectivity index (χ3n) is 8.90. The van der Waals surface area contributed by atoms with Gasteiger partial charge >= 0.3 is 11.7 Å². The summed E-state index contributed by atoms with van der Waals surface area (Å²) in [6.45, 7) is -0.526. The number of rotatable bonds is 8. The first kappa shape index (κ1) is 27.0. The highest BCUT2D eigenvalue weighted by atomic mass is 35.5. The summed E-state index contributed by atoms with van der Waals surface area (Å²) in [5, 5.41) is 11.3. The molecule has 3 aromatic rings. The molecule has 4 aliphatic carbocycles. The maximum absolute atomic E-state index is 13.3. The van der Waals surface area contributed by atoms with Crippen LogP contribution in [0, 0.1) is 45.6 Å². The molecule has 5 aliphatic rings. The Morgan fingerprint density at radius 2 is 1.49 bits per heavy atom.